The van der Waals surface area contributed by atoms with Gasteiger partial charge in [0.2, 0.25) is 0 Å². The van der Waals surface area contributed by atoms with Crippen LogP contribution < -0.4 is 10.6 Å². The van der Waals surface area contributed by atoms with Gasteiger partial charge in [0.15, 0.2) is 0 Å². The van der Waals surface area contributed by atoms with Crippen LogP contribution >= 0.6 is 11.6 Å². The highest BCUT2D eigenvalue weighted by molar-refractivity contribution is 6.31. The number of pyridine rings is 1. The SMILES string of the molecule is N#Cc1c(N)nc(-c2cccc(N3CCOCC3)c2)c(C#N)c1-c1ccc(C(F)(F)F)c(Cl)c1. The third kappa shape index (κ3) is 4.36. The summed E-state index contributed by atoms with van der Waals surface area (Å²) in [6.45, 7) is 2.59. The molecule has 172 valence electrons. The van der Waals surface area contributed by atoms with Crippen molar-refractivity contribution in [2.45, 2.75) is 6.18 Å². The number of aromatic nitrogens is 1. The lowest BCUT2D eigenvalue weighted by molar-refractivity contribution is -0.137. The van der Waals surface area contributed by atoms with E-state index in [-0.39, 0.29) is 33.8 Å². The van der Waals surface area contributed by atoms with Gasteiger partial charge >= 0.3 is 6.18 Å². The summed E-state index contributed by atoms with van der Waals surface area (Å²) in [5.41, 5.74) is 6.89. The number of anilines is 2. The summed E-state index contributed by atoms with van der Waals surface area (Å²) >= 11 is 5.91. The molecule has 0 amide bonds. The fraction of sp³-hybridized carbons (Fsp3) is 0.208. The number of nitrogens with zero attached hydrogens (tertiary/aromatic N) is 4. The molecule has 0 saturated carbocycles. The Bertz CT molecular complexity index is 1340. The maximum atomic E-state index is 13.2. The smallest absolute Gasteiger partial charge is 0.383 e. The van der Waals surface area contributed by atoms with Gasteiger partial charge in [-0.25, -0.2) is 4.98 Å². The number of hydrogen-bond acceptors (Lipinski definition) is 6. The first-order valence-corrected chi connectivity index (χ1v) is 10.6. The fourth-order valence-electron chi connectivity index (χ4n) is 3.90. The van der Waals surface area contributed by atoms with E-state index in [0.717, 1.165) is 17.8 Å². The summed E-state index contributed by atoms with van der Waals surface area (Å²) in [4.78, 5) is 6.44. The predicted octanol–water partition coefficient (Wildman–Crippen LogP) is 5.25. The zero-order valence-electron chi connectivity index (χ0n) is 17.7. The number of nitrogen functional groups attached to an aromatic ring is 1. The molecule has 3 aromatic rings. The summed E-state index contributed by atoms with van der Waals surface area (Å²) in [6, 6.07) is 14.4. The fourth-order valence-corrected chi connectivity index (χ4v) is 4.18. The van der Waals surface area contributed by atoms with Crippen LogP contribution in [0, 0.1) is 22.7 Å². The Balaban J connectivity index is 1.91. The van der Waals surface area contributed by atoms with Gasteiger partial charge in [-0.2, -0.15) is 23.7 Å². The molecule has 0 bridgehead atoms. The van der Waals surface area contributed by atoms with Crippen LogP contribution in [0.3, 0.4) is 0 Å². The van der Waals surface area contributed by atoms with E-state index in [4.69, 9.17) is 22.1 Å². The molecule has 1 fully saturated rings. The first kappa shape index (κ1) is 23.4. The van der Waals surface area contributed by atoms with E-state index in [9.17, 15) is 23.7 Å². The Hall–Kier alpha value is -3.79. The minimum atomic E-state index is -4.64. The van der Waals surface area contributed by atoms with Crippen LogP contribution in [0.5, 0.6) is 0 Å². The van der Waals surface area contributed by atoms with E-state index in [1.54, 1.807) is 6.07 Å². The summed E-state index contributed by atoms with van der Waals surface area (Å²) < 4.78 is 44.9. The molecule has 0 atom stereocenters. The molecule has 4 rings (SSSR count). The lowest BCUT2D eigenvalue weighted by Crippen LogP contribution is -2.36. The van der Waals surface area contributed by atoms with Crippen molar-refractivity contribution in [3.05, 3.63) is 64.2 Å². The second-order valence-electron chi connectivity index (χ2n) is 7.54. The molecule has 1 aromatic heterocycles. The number of benzene rings is 2. The number of rotatable bonds is 3. The monoisotopic (exact) mass is 483 g/mol. The molecule has 2 N–H and O–H groups in total. The number of nitriles is 2. The van der Waals surface area contributed by atoms with Gasteiger partial charge in [0.25, 0.3) is 0 Å². The highest BCUT2D eigenvalue weighted by Gasteiger charge is 2.33. The highest BCUT2D eigenvalue weighted by atomic mass is 35.5. The maximum Gasteiger partial charge on any atom is 0.417 e. The van der Waals surface area contributed by atoms with Gasteiger partial charge in [0.05, 0.1) is 35.1 Å². The Morgan fingerprint density at radius 2 is 1.71 bits per heavy atom. The van der Waals surface area contributed by atoms with Crippen molar-refractivity contribution in [1.29, 1.82) is 10.5 Å². The molecule has 2 heterocycles. The molecule has 1 saturated heterocycles. The average molecular weight is 484 g/mol. The third-order valence-corrected chi connectivity index (χ3v) is 5.82. The molecule has 6 nitrogen and oxygen atoms in total. The number of alkyl halides is 3. The molecule has 2 aromatic carbocycles. The molecule has 0 radical (unpaired) electrons. The Labute approximate surface area is 198 Å². The predicted molar refractivity (Wildman–Crippen MR) is 122 cm³/mol. The Morgan fingerprint density at radius 1 is 1.00 bits per heavy atom. The van der Waals surface area contributed by atoms with Crippen LogP contribution in [0.2, 0.25) is 5.02 Å². The van der Waals surface area contributed by atoms with Gasteiger partial charge in [0.1, 0.15) is 23.5 Å². The second kappa shape index (κ2) is 9.22. The summed E-state index contributed by atoms with van der Waals surface area (Å²) in [7, 11) is 0. The molecule has 1 aliphatic rings. The maximum absolute atomic E-state index is 13.2. The van der Waals surface area contributed by atoms with Gasteiger partial charge in [0, 0.05) is 29.9 Å². The van der Waals surface area contributed by atoms with Crippen molar-refractivity contribution in [3.8, 4) is 34.5 Å². The third-order valence-electron chi connectivity index (χ3n) is 5.51. The number of morpholine rings is 1. The van der Waals surface area contributed by atoms with Crippen molar-refractivity contribution in [3.63, 3.8) is 0 Å². The Kier molecular flexibility index (Phi) is 6.34. The van der Waals surface area contributed by atoms with E-state index in [1.807, 2.05) is 24.3 Å². The first-order chi connectivity index (χ1) is 16.2. The summed E-state index contributed by atoms with van der Waals surface area (Å²) in [5.74, 6) is -0.140. The highest BCUT2D eigenvalue weighted by Crippen LogP contribution is 2.41. The topological polar surface area (TPSA) is 99.0 Å². The molecular formula is C24H17ClF3N5O. The minimum absolute atomic E-state index is 0.0145. The van der Waals surface area contributed by atoms with Crippen LogP contribution in [0.15, 0.2) is 42.5 Å². The summed E-state index contributed by atoms with van der Waals surface area (Å²) in [6.07, 6.45) is -4.64. The standard InChI is InChI=1S/C24H17ClF3N5O/c25-20-11-14(4-5-19(20)24(26,27)28)21-17(12-29)22(32-23(31)18(21)13-30)15-2-1-3-16(10-15)33-6-8-34-9-7-33/h1-5,10-11H,6-9H2,(H2,31,32). The second-order valence-corrected chi connectivity index (χ2v) is 7.94. The first-order valence-electron chi connectivity index (χ1n) is 10.2. The normalized spacial score (nSPS) is 13.9. The number of hydrogen-bond donors (Lipinski definition) is 1. The lowest BCUT2D eigenvalue weighted by atomic mass is 9.92. The van der Waals surface area contributed by atoms with Crippen molar-refractivity contribution in [2.75, 3.05) is 36.9 Å². The molecular weight excluding hydrogens is 467 g/mol. The zero-order valence-corrected chi connectivity index (χ0v) is 18.4. The average Bonchev–Trinajstić information content (AvgIpc) is 2.83. The van der Waals surface area contributed by atoms with Crippen molar-refractivity contribution in [1.82, 2.24) is 4.98 Å². The Morgan fingerprint density at radius 3 is 2.32 bits per heavy atom. The number of nitrogens with two attached hydrogens (primary N) is 1. The summed E-state index contributed by atoms with van der Waals surface area (Å²) in [5, 5.41) is 19.2. The van der Waals surface area contributed by atoms with Crippen LogP contribution in [-0.4, -0.2) is 31.3 Å². The van der Waals surface area contributed by atoms with Crippen molar-refractivity contribution < 1.29 is 17.9 Å². The molecule has 34 heavy (non-hydrogen) atoms. The lowest BCUT2D eigenvalue weighted by Gasteiger charge is -2.29. The zero-order chi connectivity index (χ0) is 24.5. The van der Waals surface area contributed by atoms with Crippen LogP contribution in [0.25, 0.3) is 22.4 Å². The van der Waals surface area contributed by atoms with Crippen LogP contribution in [0.4, 0.5) is 24.7 Å². The van der Waals surface area contributed by atoms with E-state index in [2.05, 4.69) is 16.0 Å². The van der Waals surface area contributed by atoms with Crippen molar-refractivity contribution in [2.24, 2.45) is 0 Å². The molecule has 10 heteroatoms. The largest absolute Gasteiger partial charge is 0.417 e. The van der Waals surface area contributed by atoms with E-state index >= 15 is 0 Å². The van der Waals surface area contributed by atoms with Gasteiger partial charge in [-0.3, -0.25) is 0 Å². The van der Waals surface area contributed by atoms with Gasteiger partial charge in [-0.1, -0.05) is 29.8 Å². The molecule has 0 aliphatic carbocycles. The minimum Gasteiger partial charge on any atom is -0.383 e. The molecule has 0 spiro atoms. The molecule has 1 aliphatic heterocycles. The van der Waals surface area contributed by atoms with E-state index in [1.165, 1.54) is 6.07 Å². The number of halogens is 4. The van der Waals surface area contributed by atoms with Gasteiger partial charge in [-0.15, -0.1) is 0 Å². The van der Waals surface area contributed by atoms with Gasteiger partial charge < -0.3 is 15.4 Å². The van der Waals surface area contributed by atoms with Crippen LogP contribution in [0.1, 0.15) is 16.7 Å². The van der Waals surface area contributed by atoms with E-state index < -0.39 is 16.8 Å². The number of ether oxygens (including phenoxy) is 1. The molecule has 0 unspecified atom stereocenters. The van der Waals surface area contributed by atoms with Crippen molar-refractivity contribution >= 4 is 23.1 Å². The quantitative estimate of drug-likeness (QED) is 0.546. The van der Waals surface area contributed by atoms with Gasteiger partial charge in [-0.05, 0) is 29.8 Å². The van der Waals surface area contributed by atoms with E-state index in [0.29, 0.717) is 31.9 Å². The van der Waals surface area contributed by atoms with Crippen LogP contribution in [-0.2, 0) is 10.9 Å².